The summed E-state index contributed by atoms with van der Waals surface area (Å²) in [5, 5.41) is 0. The largest absolute Gasteiger partial charge is 0.496 e. The molecule has 20 heavy (non-hydrogen) atoms. The van der Waals surface area contributed by atoms with Crippen molar-refractivity contribution >= 4 is 19.6 Å². The van der Waals surface area contributed by atoms with Gasteiger partial charge in [0, 0.05) is 0 Å². The summed E-state index contributed by atoms with van der Waals surface area (Å²) in [6.45, 7) is 1.61. The molecule has 2 radical (unpaired) electrons. The fourth-order valence-corrected chi connectivity index (χ4v) is 2.34. The molecule has 1 aromatic carbocycles. The average Bonchev–Trinajstić information content (AvgIpc) is 2.26. The van der Waals surface area contributed by atoms with Crippen molar-refractivity contribution in [1.82, 2.24) is 0 Å². The molecule has 1 unspecified atom stereocenters. The summed E-state index contributed by atoms with van der Waals surface area (Å²) < 4.78 is 47.6. The lowest BCUT2D eigenvalue weighted by Gasteiger charge is -2.22. The summed E-state index contributed by atoms with van der Waals surface area (Å²) in [7, 11) is 8.39. The SMILES string of the molecule is [B]C(C)(N)Cc1cc(OC)c(SC(F)(F)F)cc1OC. The molecule has 1 atom stereocenters. The molecule has 1 aromatic rings. The molecule has 110 valence electrons. The smallest absolute Gasteiger partial charge is 0.446 e. The van der Waals surface area contributed by atoms with Gasteiger partial charge in [-0.2, -0.15) is 13.2 Å². The quantitative estimate of drug-likeness (QED) is 0.671. The van der Waals surface area contributed by atoms with Gasteiger partial charge in [0.1, 0.15) is 11.5 Å². The first-order chi connectivity index (χ1) is 9.05. The lowest BCUT2D eigenvalue weighted by atomic mass is 9.76. The normalized spacial score (nSPS) is 14.8. The third kappa shape index (κ3) is 5.17. The highest BCUT2D eigenvalue weighted by Crippen LogP contribution is 2.44. The molecule has 0 amide bonds. The van der Waals surface area contributed by atoms with Crippen LogP contribution in [0.5, 0.6) is 11.5 Å². The lowest BCUT2D eigenvalue weighted by Crippen LogP contribution is -2.38. The van der Waals surface area contributed by atoms with E-state index < -0.39 is 10.9 Å². The van der Waals surface area contributed by atoms with E-state index in [0.717, 1.165) is 0 Å². The topological polar surface area (TPSA) is 44.5 Å². The van der Waals surface area contributed by atoms with Gasteiger partial charge in [-0.05, 0) is 41.3 Å². The van der Waals surface area contributed by atoms with Gasteiger partial charge >= 0.3 is 5.51 Å². The average molecular weight is 305 g/mol. The first kappa shape index (κ1) is 17.0. The number of hydrogen-bond donors (Lipinski definition) is 1. The van der Waals surface area contributed by atoms with Crippen LogP contribution in [0.4, 0.5) is 13.2 Å². The van der Waals surface area contributed by atoms with E-state index in [0.29, 0.717) is 11.3 Å². The van der Waals surface area contributed by atoms with Crippen LogP contribution in [-0.4, -0.2) is 33.0 Å². The van der Waals surface area contributed by atoms with E-state index in [2.05, 4.69) is 0 Å². The van der Waals surface area contributed by atoms with Crippen molar-refractivity contribution in [2.45, 2.75) is 29.2 Å². The van der Waals surface area contributed by atoms with Crippen LogP contribution < -0.4 is 15.2 Å². The number of benzene rings is 1. The van der Waals surface area contributed by atoms with Gasteiger partial charge in [0.2, 0.25) is 0 Å². The number of alkyl halides is 3. The summed E-state index contributed by atoms with van der Waals surface area (Å²) in [6.07, 6.45) is 0.240. The van der Waals surface area contributed by atoms with Gasteiger partial charge in [-0.25, -0.2) is 0 Å². The highest BCUT2D eigenvalue weighted by atomic mass is 32.2. The predicted octanol–water partition coefficient (Wildman–Crippen LogP) is 2.70. The van der Waals surface area contributed by atoms with Gasteiger partial charge in [-0.1, -0.05) is 6.92 Å². The third-order valence-electron chi connectivity index (χ3n) is 2.36. The van der Waals surface area contributed by atoms with Crippen molar-refractivity contribution < 1.29 is 22.6 Å². The zero-order valence-electron chi connectivity index (χ0n) is 11.4. The molecule has 8 heteroatoms. The lowest BCUT2D eigenvalue weighted by molar-refractivity contribution is -0.0328. The number of halogens is 3. The minimum Gasteiger partial charge on any atom is -0.496 e. The van der Waals surface area contributed by atoms with Crippen LogP contribution in [0.25, 0.3) is 0 Å². The van der Waals surface area contributed by atoms with Gasteiger partial charge < -0.3 is 15.2 Å². The number of nitrogens with two attached hydrogens (primary N) is 1. The maximum atomic E-state index is 12.5. The van der Waals surface area contributed by atoms with Crippen LogP contribution in [0.3, 0.4) is 0 Å². The van der Waals surface area contributed by atoms with E-state index in [1.54, 1.807) is 6.92 Å². The zero-order valence-corrected chi connectivity index (χ0v) is 12.2. The molecule has 1 rings (SSSR count). The van der Waals surface area contributed by atoms with Crippen molar-refractivity contribution in [2.24, 2.45) is 5.73 Å². The Hall–Kier alpha value is -1.02. The highest BCUT2D eigenvalue weighted by Gasteiger charge is 2.31. The summed E-state index contributed by atoms with van der Waals surface area (Å²) >= 11 is -0.259. The zero-order chi connectivity index (χ0) is 15.6. The second-order valence-electron chi connectivity index (χ2n) is 4.55. The minimum absolute atomic E-state index is 0.0728. The number of methoxy groups -OCH3 is 2. The van der Waals surface area contributed by atoms with E-state index in [9.17, 15) is 13.2 Å². The van der Waals surface area contributed by atoms with Crippen molar-refractivity contribution in [3.8, 4) is 11.5 Å². The van der Waals surface area contributed by atoms with Crippen LogP contribution in [0, 0.1) is 0 Å². The predicted molar refractivity (Wildman–Crippen MR) is 73.5 cm³/mol. The molecule has 3 nitrogen and oxygen atoms in total. The van der Waals surface area contributed by atoms with Crippen LogP contribution >= 0.6 is 11.8 Å². The molecule has 2 N–H and O–H groups in total. The van der Waals surface area contributed by atoms with Crippen LogP contribution in [-0.2, 0) is 6.42 Å². The highest BCUT2D eigenvalue weighted by molar-refractivity contribution is 8.00. The monoisotopic (exact) mass is 305 g/mol. The number of thioether (sulfide) groups is 1. The Labute approximate surface area is 121 Å². The summed E-state index contributed by atoms with van der Waals surface area (Å²) in [4.78, 5) is -0.0728. The Bertz CT molecular complexity index is 431. The standard InChI is InChI=1S/C12H15BF3NO2S/c1-11(13,17)6-7-4-9(19-3)10(5-8(7)18-2)20-12(14,15)16/h4-5H,6,17H2,1-3H3. The first-order valence-corrected chi connectivity index (χ1v) is 6.46. The van der Waals surface area contributed by atoms with Crippen molar-refractivity contribution in [3.63, 3.8) is 0 Å². The van der Waals surface area contributed by atoms with Gasteiger partial charge in [0.15, 0.2) is 0 Å². The van der Waals surface area contributed by atoms with Crippen LogP contribution in [0.15, 0.2) is 17.0 Å². The molecule has 0 aliphatic rings. The van der Waals surface area contributed by atoms with Crippen LogP contribution in [0.2, 0.25) is 0 Å². The molecule has 0 fully saturated rings. The maximum absolute atomic E-state index is 12.5. The number of rotatable bonds is 5. The molecule has 0 aliphatic heterocycles. The third-order valence-corrected chi connectivity index (χ3v) is 3.13. The second-order valence-corrected chi connectivity index (χ2v) is 5.65. The summed E-state index contributed by atoms with van der Waals surface area (Å²) in [6, 6.07) is 2.74. The number of ether oxygens (including phenoxy) is 2. The summed E-state index contributed by atoms with van der Waals surface area (Å²) in [5.41, 5.74) is 0.895. The van der Waals surface area contributed by atoms with Gasteiger partial charge in [-0.15, -0.1) is 0 Å². The van der Waals surface area contributed by atoms with Crippen molar-refractivity contribution in [2.75, 3.05) is 14.2 Å². The Balaban J connectivity index is 3.23. The van der Waals surface area contributed by atoms with E-state index in [1.165, 1.54) is 26.4 Å². The van der Waals surface area contributed by atoms with Gasteiger partial charge in [0.25, 0.3) is 0 Å². The van der Waals surface area contributed by atoms with E-state index >= 15 is 0 Å². The molecule has 0 bridgehead atoms. The Morgan fingerprint density at radius 3 is 2.15 bits per heavy atom. The molecular formula is C12H15BF3NO2S. The van der Waals surface area contributed by atoms with Gasteiger partial charge in [-0.3, -0.25) is 0 Å². The maximum Gasteiger partial charge on any atom is 0.446 e. The molecule has 0 saturated heterocycles. The molecule has 0 saturated carbocycles. The number of hydrogen-bond acceptors (Lipinski definition) is 4. The molecule has 0 spiro atoms. The first-order valence-electron chi connectivity index (χ1n) is 5.64. The van der Waals surface area contributed by atoms with Crippen LogP contribution in [0.1, 0.15) is 12.5 Å². The Kier molecular flexibility index (Phi) is 5.26. The van der Waals surface area contributed by atoms with Crippen molar-refractivity contribution in [3.05, 3.63) is 17.7 Å². The fraction of sp³-hybridized carbons (Fsp3) is 0.500. The van der Waals surface area contributed by atoms with Crippen molar-refractivity contribution in [1.29, 1.82) is 0 Å². The molecular weight excluding hydrogens is 290 g/mol. The Morgan fingerprint density at radius 1 is 1.20 bits per heavy atom. The minimum atomic E-state index is -4.41. The summed E-state index contributed by atoms with van der Waals surface area (Å²) in [5.74, 6) is 0.395. The molecule has 0 aromatic heterocycles. The fourth-order valence-electron chi connectivity index (χ4n) is 1.69. The second kappa shape index (κ2) is 6.18. The van der Waals surface area contributed by atoms with E-state index in [-0.39, 0.29) is 28.8 Å². The van der Waals surface area contributed by atoms with E-state index in [4.69, 9.17) is 23.1 Å². The Morgan fingerprint density at radius 2 is 1.75 bits per heavy atom. The molecule has 0 aliphatic carbocycles. The van der Waals surface area contributed by atoms with Gasteiger partial charge in [0.05, 0.1) is 27.0 Å². The van der Waals surface area contributed by atoms with E-state index in [1.807, 2.05) is 0 Å². The molecule has 0 heterocycles.